The summed E-state index contributed by atoms with van der Waals surface area (Å²) in [7, 11) is 0. The fourth-order valence-corrected chi connectivity index (χ4v) is 4.28. The molecule has 2 rings (SSSR count). The van der Waals surface area contributed by atoms with Crippen LogP contribution in [0.3, 0.4) is 0 Å². The van der Waals surface area contributed by atoms with Crippen LogP contribution in [0.5, 0.6) is 0 Å². The average Bonchev–Trinajstić information content (AvgIpc) is 2.66. The molecule has 0 N–H and O–H groups in total. The first-order valence-corrected chi connectivity index (χ1v) is 7.36. The molecule has 1 nitrogen and oxygen atoms in total. The summed E-state index contributed by atoms with van der Waals surface area (Å²) in [5.41, 5.74) is -0.471. The number of alkyl halides is 3. The number of carbonyl (C=O) groups is 1. The van der Waals surface area contributed by atoms with Gasteiger partial charge in [-0.25, -0.2) is 0 Å². The van der Waals surface area contributed by atoms with Gasteiger partial charge in [-0.3, -0.25) is 4.79 Å². The Kier molecular flexibility index (Phi) is 4.17. The molecule has 0 spiro atoms. The van der Waals surface area contributed by atoms with Crippen LogP contribution < -0.4 is 0 Å². The number of hydrogen-bond acceptors (Lipinski definition) is 2. The van der Waals surface area contributed by atoms with Crippen molar-refractivity contribution in [3.63, 3.8) is 0 Å². The van der Waals surface area contributed by atoms with Gasteiger partial charge in [0.25, 0.3) is 0 Å². The standard InChI is InChI=1S/C12H5Br2F3OS/c13-9-5-8(11(14)19-9)10(18)6-2-1-3-7(4-6)12(15,16)17/h1-5H. The Bertz CT molecular complexity index is 634. The van der Waals surface area contributed by atoms with E-state index in [2.05, 4.69) is 31.9 Å². The second-order valence-corrected chi connectivity index (χ2v) is 7.39. The highest BCUT2D eigenvalue weighted by molar-refractivity contribution is 9.12. The quantitative estimate of drug-likeness (QED) is 0.592. The molecule has 0 saturated heterocycles. The summed E-state index contributed by atoms with van der Waals surface area (Å²) in [4.78, 5) is 12.1. The molecule has 1 aromatic heterocycles. The van der Waals surface area contributed by atoms with Gasteiger partial charge in [-0.1, -0.05) is 12.1 Å². The monoisotopic (exact) mass is 412 g/mol. The van der Waals surface area contributed by atoms with Gasteiger partial charge in [-0.05, 0) is 50.1 Å². The zero-order chi connectivity index (χ0) is 14.2. The Labute approximate surface area is 127 Å². The van der Waals surface area contributed by atoms with Crippen molar-refractivity contribution in [3.05, 3.63) is 54.6 Å². The number of rotatable bonds is 2. The van der Waals surface area contributed by atoms with Gasteiger partial charge in [-0.15, -0.1) is 11.3 Å². The fraction of sp³-hybridized carbons (Fsp3) is 0.0833. The van der Waals surface area contributed by atoms with Crippen LogP contribution in [0.1, 0.15) is 21.5 Å². The van der Waals surface area contributed by atoms with Crippen LogP contribution in [0.25, 0.3) is 0 Å². The van der Waals surface area contributed by atoms with E-state index >= 15 is 0 Å². The predicted octanol–water partition coefficient (Wildman–Crippen LogP) is 5.52. The maximum atomic E-state index is 12.6. The zero-order valence-corrected chi connectivity index (χ0v) is 13.1. The van der Waals surface area contributed by atoms with E-state index in [9.17, 15) is 18.0 Å². The summed E-state index contributed by atoms with van der Waals surface area (Å²) in [6, 6.07) is 5.98. The smallest absolute Gasteiger partial charge is 0.289 e. The summed E-state index contributed by atoms with van der Waals surface area (Å²) in [6.45, 7) is 0. The molecular formula is C12H5Br2F3OS. The first-order chi connectivity index (χ1) is 8.79. The van der Waals surface area contributed by atoms with Crippen molar-refractivity contribution in [3.8, 4) is 0 Å². The molecule has 7 heteroatoms. The van der Waals surface area contributed by atoms with Gasteiger partial charge in [0.2, 0.25) is 0 Å². The Morgan fingerprint density at radius 3 is 2.37 bits per heavy atom. The highest BCUT2D eigenvalue weighted by Gasteiger charge is 2.31. The largest absolute Gasteiger partial charge is 0.416 e. The topological polar surface area (TPSA) is 17.1 Å². The molecule has 100 valence electrons. The minimum absolute atomic E-state index is 0.0147. The van der Waals surface area contributed by atoms with Crippen LogP contribution in [0.2, 0.25) is 0 Å². The number of thiophene rings is 1. The summed E-state index contributed by atoms with van der Waals surface area (Å²) < 4.78 is 39.1. The number of ketones is 1. The Balaban J connectivity index is 2.43. The van der Waals surface area contributed by atoms with Gasteiger partial charge in [-0.2, -0.15) is 13.2 Å². The number of halogens is 5. The molecule has 0 aliphatic heterocycles. The fourth-order valence-electron chi connectivity index (χ4n) is 1.49. The SMILES string of the molecule is O=C(c1cccc(C(F)(F)F)c1)c1cc(Br)sc1Br. The van der Waals surface area contributed by atoms with Gasteiger partial charge in [0.15, 0.2) is 5.78 Å². The lowest BCUT2D eigenvalue weighted by molar-refractivity contribution is -0.137. The van der Waals surface area contributed by atoms with E-state index in [-0.39, 0.29) is 5.56 Å². The number of benzene rings is 1. The molecule has 1 aromatic carbocycles. The van der Waals surface area contributed by atoms with Crippen molar-refractivity contribution in [2.75, 3.05) is 0 Å². The molecule has 0 saturated carbocycles. The van der Waals surface area contributed by atoms with Gasteiger partial charge < -0.3 is 0 Å². The van der Waals surface area contributed by atoms with E-state index in [0.29, 0.717) is 9.35 Å². The minimum Gasteiger partial charge on any atom is -0.289 e. The van der Waals surface area contributed by atoms with Gasteiger partial charge >= 0.3 is 6.18 Å². The molecule has 0 amide bonds. The zero-order valence-electron chi connectivity index (χ0n) is 9.09. The minimum atomic E-state index is -4.46. The first kappa shape index (κ1) is 14.7. The lowest BCUT2D eigenvalue weighted by atomic mass is 10.0. The first-order valence-electron chi connectivity index (χ1n) is 4.96. The second kappa shape index (κ2) is 5.38. The molecule has 2 aromatic rings. The summed E-state index contributed by atoms with van der Waals surface area (Å²) in [5, 5.41) is 0. The van der Waals surface area contributed by atoms with E-state index in [1.165, 1.54) is 23.5 Å². The number of carbonyl (C=O) groups excluding carboxylic acids is 1. The van der Waals surface area contributed by atoms with Crippen molar-refractivity contribution < 1.29 is 18.0 Å². The lowest BCUT2D eigenvalue weighted by Gasteiger charge is -2.07. The van der Waals surface area contributed by atoms with Crippen LogP contribution in [-0.2, 0) is 6.18 Å². The van der Waals surface area contributed by atoms with Crippen molar-refractivity contribution in [1.29, 1.82) is 0 Å². The molecule has 0 bridgehead atoms. The molecular weight excluding hydrogens is 409 g/mol. The molecule has 0 fully saturated rings. The summed E-state index contributed by atoms with van der Waals surface area (Å²) in [6.07, 6.45) is -4.46. The molecule has 19 heavy (non-hydrogen) atoms. The third-order valence-electron chi connectivity index (χ3n) is 2.35. The van der Waals surface area contributed by atoms with Crippen LogP contribution >= 0.6 is 43.2 Å². The third-order valence-corrected chi connectivity index (χ3v) is 4.69. The Morgan fingerprint density at radius 1 is 1.16 bits per heavy atom. The van der Waals surface area contributed by atoms with Crippen LogP contribution in [0.15, 0.2) is 37.9 Å². The molecule has 0 radical (unpaired) electrons. The molecule has 1 heterocycles. The average molecular weight is 414 g/mol. The Hall–Kier alpha value is -0.660. The van der Waals surface area contributed by atoms with Gasteiger partial charge in [0, 0.05) is 11.1 Å². The van der Waals surface area contributed by atoms with Crippen LogP contribution in [-0.4, -0.2) is 5.78 Å². The van der Waals surface area contributed by atoms with E-state index in [4.69, 9.17) is 0 Å². The normalized spacial score (nSPS) is 11.6. The van der Waals surface area contributed by atoms with Crippen molar-refractivity contribution in [2.24, 2.45) is 0 Å². The molecule has 0 aliphatic carbocycles. The highest BCUT2D eigenvalue weighted by Crippen LogP contribution is 2.34. The van der Waals surface area contributed by atoms with Crippen molar-refractivity contribution >= 4 is 49.0 Å². The maximum Gasteiger partial charge on any atom is 0.416 e. The van der Waals surface area contributed by atoms with E-state index in [1.807, 2.05) is 0 Å². The second-order valence-electron chi connectivity index (χ2n) is 3.65. The van der Waals surface area contributed by atoms with Gasteiger partial charge in [0.1, 0.15) is 0 Å². The van der Waals surface area contributed by atoms with E-state index < -0.39 is 17.5 Å². The van der Waals surface area contributed by atoms with Gasteiger partial charge in [0.05, 0.1) is 13.1 Å². The molecule has 0 atom stereocenters. The predicted molar refractivity (Wildman–Crippen MR) is 74.6 cm³/mol. The lowest BCUT2D eigenvalue weighted by Crippen LogP contribution is -2.07. The Morgan fingerprint density at radius 2 is 1.84 bits per heavy atom. The van der Waals surface area contributed by atoms with Crippen LogP contribution in [0.4, 0.5) is 13.2 Å². The van der Waals surface area contributed by atoms with Crippen LogP contribution in [0, 0.1) is 0 Å². The maximum absolute atomic E-state index is 12.6. The van der Waals surface area contributed by atoms with Crippen molar-refractivity contribution in [2.45, 2.75) is 6.18 Å². The highest BCUT2D eigenvalue weighted by atomic mass is 79.9. The third kappa shape index (κ3) is 3.27. The summed E-state index contributed by atoms with van der Waals surface area (Å²) >= 11 is 7.74. The molecule has 0 aliphatic rings. The van der Waals surface area contributed by atoms with E-state index in [1.54, 1.807) is 6.07 Å². The number of hydrogen-bond donors (Lipinski definition) is 0. The van der Waals surface area contributed by atoms with E-state index in [0.717, 1.165) is 15.9 Å². The molecule has 0 unspecified atom stereocenters. The summed E-state index contributed by atoms with van der Waals surface area (Å²) in [5.74, 6) is -0.445. The van der Waals surface area contributed by atoms with Crippen molar-refractivity contribution in [1.82, 2.24) is 0 Å².